The number of carbonyl (C=O) groups excluding carboxylic acids is 1. The normalized spacial score (nSPS) is 10.9. The number of amides is 1. The van der Waals surface area contributed by atoms with E-state index in [9.17, 15) is 4.79 Å². The van der Waals surface area contributed by atoms with Crippen LogP contribution in [-0.4, -0.2) is 35.6 Å². The molecule has 0 aliphatic rings. The zero-order valence-corrected chi connectivity index (χ0v) is 13.0. The lowest BCUT2D eigenvalue weighted by atomic mass is 10.2. The molecule has 124 valence electrons. The molecule has 25 heavy (non-hydrogen) atoms. The fourth-order valence-corrected chi connectivity index (χ4v) is 2.30. The van der Waals surface area contributed by atoms with Gasteiger partial charge in [0.2, 0.25) is 23.6 Å². The Balaban J connectivity index is 1.38. The van der Waals surface area contributed by atoms with E-state index >= 15 is 0 Å². The van der Waals surface area contributed by atoms with Crippen molar-refractivity contribution in [3.63, 3.8) is 0 Å². The highest BCUT2D eigenvalue weighted by atomic mass is 16.5. The van der Waals surface area contributed by atoms with Crippen LogP contribution < -0.4 is 5.32 Å². The number of hydrogen-bond acceptors (Lipinski definition) is 7. The summed E-state index contributed by atoms with van der Waals surface area (Å²) in [6, 6.07) is 9.13. The van der Waals surface area contributed by atoms with Gasteiger partial charge in [-0.3, -0.25) is 19.5 Å². The molecule has 0 radical (unpaired) electrons. The molecule has 0 aliphatic carbocycles. The number of fused-ring (bicyclic) bond motifs is 1. The molecule has 0 bridgehead atoms. The van der Waals surface area contributed by atoms with Gasteiger partial charge in [0.1, 0.15) is 0 Å². The second-order valence-corrected chi connectivity index (χ2v) is 5.25. The third-order valence-corrected chi connectivity index (χ3v) is 3.52. The molecule has 9 heteroatoms. The largest absolute Gasteiger partial charge is 0.339 e. The Morgan fingerprint density at radius 2 is 2.16 bits per heavy atom. The van der Waals surface area contributed by atoms with E-state index in [-0.39, 0.29) is 12.3 Å². The summed E-state index contributed by atoms with van der Waals surface area (Å²) >= 11 is 0. The molecule has 0 fully saturated rings. The minimum atomic E-state index is -0.209. The van der Waals surface area contributed by atoms with Crippen LogP contribution in [0, 0.1) is 0 Å². The van der Waals surface area contributed by atoms with E-state index in [4.69, 9.17) is 4.52 Å². The van der Waals surface area contributed by atoms with Crippen LogP contribution in [-0.2, 0) is 11.2 Å². The van der Waals surface area contributed by atoms with Gasteiger partial charge in [0.05, 0.1) is 0 Å². The van der Waals surface area contributed by atoms with Crippen molar-refractivity contribution in [1.82, 2.24) is 29.7 Å². The number of pyridine rings is 2. The zero-order chi connectivity index (χ0) is 17.1. The lowest BCUT2D eigenvalue weighted by Crippen LogP contribution is -2.14. The molecule has 4 aromatic rings. The highest BCUT2D eigenvalue weighted by molar-refractivity contribution is 5.89. The number of hydrogen-bond donors (Lipinski definition) is 1. The van der Waals surface area contributed by atoms with E-state index in [0.29, 0.717) is 29.7 Å². The molecule has 0 saturated carbocycles. The van der Waals surface area contributed by atoms with Crippen LogP contribution in [0.15, 0.2) is 53.4 Å². The predicted octanol–water partition coefficient (Wildman–Crippen LogP) is 1.75. The van der Waals surface area contributed by atoms with Crippen molar-refractivity contribution in [1.29, 1.82) is 0 Å². The highest BCUT2D eigenvalue weighted by Crippen LogP contribution is 2.14. The predicted molar refractivity (Wildman–Crippen MR) is 87.5 cm³/mol. The van der Waals surface area contributed by atoms with Crippen LogP contribution in [0.4, 0.5) is 5.95 Å². The first-order valence-corrected chi connectivity index (χ1v) is 7.62. The molecular formula is C16H13N7O2. The third kappa shape index (κ3) is 3.20. The average Bonchev–Trinajstić information content (AvgIpc) is 3.28. The van der Waals surface area contributed by atoms with Crippen LogP contribution >= 0.6 is 0 Å². The van der Waals surface area contributed by atoms with Crippen molar-refractivity contribution in [3.05, 3.63) is 54.8 Å². The molecule has 9 nitrogen and oxygen atoms in total. The Morgan fingerprint density at radius 1 is 1.20 bits per heavy atom. The summed E-state index contributed by atoms with van der Waals surface area (Å²) in [4.78, 5) is 20.4. The van der Waals surface area contributed by atoms with E-state index in [1.807, 2.05) is 18.2 Å². The number of nitrogens with zero attached hydrogens (tertiary/aromatic N) is 6. The Bertz CT molecular complexity index is 1010. The Kier molecular flexibility index (Phi) is 3.87. The number of aromatic nitrogens is 6. The SMILES string of the molecule is O=C(CCc1nc(-c2cccnc2)no1)Nc1nnc2ccccn12. The average molecular weight is 335 g/mol. The van der Waals surface area contributed by atoms with Crippen LogP contribution in [0.5, 0.6) is 0 Å². The Hall–Kier alpha value is -3.62. The van der Waals surface area contributed by atoms with Crippen LogP contribution in [0.25, 0.3) is 17.0 Å². The summed E-state index contributed by atoms with van der Waals surface area (Å²) < 4.78 is 6.87. The molecule has 4 aromatic heterocycles. The molecular weight excluding hydrogens is 322 g/mol. The van der Waals surface area contributed by atoms with Gasteiger partial charge in [-0.25, -0.2) is 0 Å². The number of nitrogens with one attached hydrogen (secondary N) is 1. The van der Waals surface area contributed by atoms with E-state index in [1.165, 1.54) is 0 Å². The Labute approximate surface area is 141 Å². The van der Waals surface area contributed by atoms with E-state index in [0.717, 1.165) is 5.56 Å². The summed E-state index contributed by atoms with van der Waals surface area (Å²) in [5.74, 6) is 1.01. The molecule has 1 N–H and O–H groups in total. The molecule has 1 amide bonds. The summed E-state index contributed by atoms with van der Waals surface area (Å²) in [5, 5.41) is 14.6. The standard InChI is InChI=1S/C16H13N7O2/c24-13(18-16-21-20-12-5-1-2-9-23(12)16)6-7-14-19-15(22-25-14)11-4-3-8-17-10-11/h1-5,8-10H,6-7H2,(H,18,21,24). The molecule has 0 atom stereocenters. The number of aryl methyl sites for hydroxylation is 1. The van der Waals surface area contributed by atoms with Gasteiger partial charge >= 0.3 is 0 Å². The fourth-order valence-electron chi connectivity index (χ4n) is 2.30. The maximum Gasteiger partial charge on any atom is 0.235 e. The minimum absolute atomic E-state index is 0.191. The second-order valence-electron chi connectivity index (χ2n) is 5.25. The van der Waals surface area contributed by atoms with E-state index in [1.54, 1.807) is 35.1 Å². The van der Waals surface area contributed by atoms with Gasteiger partial charge in [-0.1, -0.05) is 11.2 Å². The molecule has 0 unspecified atom stereocenters. The smallest absolute Gasteiger partial charge is 0.235 e. The van der Waals surface area contributed by atoms with E-state index in [2.05, 4.69) is 30.6 Å². The summed E-state index contributed by atoms with van der Waals surface area (Å²) in [6.45, 7) is 0. The Morgan fingerprint density at radius 3 is 3.04 bits per heavy atom. The maximum atomic E-state index is 12.1. The number of carbonyl (C=O) groups is 1. The van der Waals surface area contributed by atoms with Gasteiger partial charge in [0, 0.05) is 37.0 Å². The van der Waals surface area contributed by atoms with Crippen LogP contribution in [0.1, 0.15) is 12.3 Å². The van der Waals surface area contributed by atoms with Crippen molar-refractivity contribution < 1.29 is 9.32 Å². The second kappa shape index (κ2) is 6.48. The van der Waals surface area contributed by atoms with Gasteiger partial charge in [0.25, 0.3) is 0 Å². The first-order chi connectivity index (χ1) is 12.3. The summed E-state index contributed by atoms with van der Waals surface area (Å²) in [7, 11) is 0. The van der Waals surface area contributed by atoms with Crippen molar-refractivity contribution in [3.8, 4) is 11.4 Å². The first kappa shape index (κ1) is 14.9. The van der Waals surface area contributed by atoms with Crippen molar-refractivity contribution >= 4 is 17.5 Å². The van der Waals surface area contributed by atoms with Gasteiger partial charge in [-0.05, 0) is 24.3 Å². The van der Waals surface area contributed by atoms with Gasteiger partial charge < -0.3 is 4.52 Å². The van der Waals surface area contributed by atoms with Gasteiger partial charge in [-0.2, -0.15) is 4.98 Å². The molecule has 4 heterocycles. The molecule has 0 spiro atoms. The lowest BCUT2D eigenvalue weighted by molar-refractivity contribution is -0.116. The highest BCUT2D eigenvalue weighted by Gasteiger charge is 2.13. The van der Waals surface area contributed by atoms with Crippen LogP contribution in [0.2, 0.25) is 0 Å². The molecule has 0 saturated heterocycles. The third-order valence-electron chi connectivity index (χ3n) is 3.52. The first-order valence-electron chi connectivity index (χ1n) is 7.62. The molecule has 0 aromatic carbocycles. The van der Waals surface area contributed by atoms with Crippen molar-refractivity contribution in [2.75, 3.05) is 5.32 Å². The van der Waals surface area contributed by atoms with Gasteiger partial charge in [0.15, 0.2) is 5.65 Å². The molecule has 0 aliphatic heterocycles. The summed E-state index contributed by atoms with van der Waals surface area (Å²) in [5.41, 5.74) is 1.42. The summed E-state index contributed by atoms with van der Waals surface area (Å²) in [6.07, 6.45) is 5.62. The van der Waals surface area contributed by atoms with E-state index < -0.39 is 0 Å². The van der Waals surface area contributed by atoms with Crippen molar-refractivity contribution in [2.45, 2.75) is 12.8 Å². The number of anilines is 1. The topological polar surface area (TPSA) is 111 Å². The zero-order valence-electron chi connectivity index (χ0n) is 13.0. The fraction of sp³-hybridized carbons (Fsp3) is 0.125. The minimum Gasteiger partial charge on any atom is -0.339 e. The van der Waals surface area contributed by atoms with Gasteiger partial charge in [-0.15, -0.1) is 10.2 Å². The quantitative estimate of drug-likeness (QED) is 0.591. The lowest BCUT2D eigenvalue weighted by Gasteiger charge is -2.01. The monoisotopic (exact) mass is 335 g/mol. The van der Waals surface area contributed by atoms with Crippen LogP contribution in [0.3, 0.4) is 0 Å². The van der Waals surface area contributed by atoms with Crippen molar-refractivity contribution in [2.24, 2.45) is 0 Å². The number of rotatable bonds is 5. The maximum absolute atomic E-state index is 12.1. The molecule has 4 rings (SSSR count).